The maximum Gasteiger partial charge on any atom is 0.453 e. The number of methoxy groups -OCH3 is 1. The molecule has 0 saturated carbocycles. The number of nitrogens with zero attached hydrogens (tertiary/aromatic N) is 2. The lowest BCUT2D eigenvalue weighted by molar-refractivity contribution is -0.284. The van der Waals surface area contributed by atoms with Gasteiger partial charge in [0, 0.05) is 58.0 Å². The summed E-state index contributed by atoms with van der Waals surface area (Å²) in [7, 11) is -2.66. The van der Waals surface area contributed by atoms with E-state index in [9.17, 15) is 35.2 Å². The van der Waals surface area contributed by atoms with E-state index in [1.54, 1.807) is 7.11 Å². The van der Waals surface area contributed by atoms with Crippen molar-refractivity contribution in [2.45, 2.75) is 73.0 Å². The summed E-state index contributed by atoms with van der Waals surface area (Å²) in [6.07, 6.45) is -4.65. The van der Waals surface area contributed by atoms with Crippen LogP contribution >= 0.6 is 0 Å². The van der Waals surface area contributed by atoms with Crippen molar-refractivity contribution in [1.29, 1.82) is 0 Å². The number of hydrogen-bond donors (Lipinski definition) is 1. The molecule has 2 aliphatic heterocycles. The number of aromatic nitrogens is 1. The Morgan fingerprint density at radius 3 is 2.36 bits per heavy atom. The van der Waals surface area contributed by atoms with Crippen LogP contribution in [0.25, 0.3) is 11.3 Å². The Labute approximate surface area is 252 Å². The molecule has 1 N–H and O–H groups in total. The van der Waals surface area contributed by atoms with E-state index in [-0.39, 0.29) is 23.3 Å². The first-order chi connectivity index (χ1) is 20.8. The minimum Gasteiger partial charge on any atom is -0.383 e. The molecule has 0 spiro atoms. The molecule has 2 saturated heterocycles. The highest BCUT2D eigenvalue weighted by Gasteiger charge is 2.56. The van der Waals surface area contributed by atoms with Crippen molar-refractivity contribution < 1.29 is 49.5 Å². The normalized spacial score (nSPS) is 19.9. The molecule has 0 bridgehead atoms. The molecule has 2 fully saturated rings. The number of alkyl halides is 5. The fraction of sp³-hybridized carbons (Fsp3) is 0.586. The molecule has 1 atom stereocenters. The first-order valence-electron chi connectivity index (χ1n) is 14.3. The van der Waals surface area contributed by atoms with Crippen LogP contribution < -0.4 is 5.48 Å². The molecule has 1 aromatic carbocycles. The van der Waals surface area contributed by atoms with Crippen molar-refractivity contribution in [2.75, 3.05) is 40.0 Å². The number of pyridine rings is 1. The number of nitrogens with one attached hydrogen (secondary N) is 1. The summed E-state index contributed by atoms with van der Waals surface area (Å²) in [6, 6.07) is 8.58. The van der Waals surface area contributed by atoms with E-state index in [1.165, 1.54) is 42.6 Å². The van der Waals surface area contributed by atoms with Crippen molar-refractivity contribution >= 4 is 15.7 Å². The van der Waals surface area contributed by atoms with Crippen LogP contribution in [0.4, 0.5) is 22.0 Å². The molecule has 2 aliphatic rings. The van der Waals surface area contributed by atoms with E-state index < -0.39 is 51.7 Å². The molecule has 3 heterocycles. The van der Waals surface area contributed by atoms with Gasteiger partial charge < -0.3 is 14.4 Å². The summed E-state index contributed by atoms with van der Waals surface area (Å²) in [5, 5.41) is 0. The molecular formula is C29H36F5N3O6S. The number of sulfone groups is 1. The van der Waals surface area contributed by atoms with E-state index in [2.05, 4.69) is 10.5 Å². The highest BCUT2D eigenvalue weighted by Crippen LogP contribution is 2.39. The van der Waals surface area contributed by atoms with Gasteiger partial charge in [0.15, 0.2) is 20.9 Å². The maximum absolute atomic E-state index is 14.1. The minimum absolute atomic E-state index is 0.0257. The van der Waals surface area contributed by atoms with Gasteiger partial charge in [0.05, 0.1) is 17.2 Å². The Morgan fingerprint density at radius 2 is 1.80 bits per heavy atom. The average molecular weight is 650 g/mol. The molecule has 244 valence electrons. The highest BCUT2D eigenvalue weighted by molar-refractivity contribution is 7.93. The number of halogens is 5. The Balaban J connectivity index is 1.50. The van der Waals surface area contributed by atoms with Crippen LogP contribution in [-0.4, -0.2) is 87.3 Å². The summed E-state index contributed by atoms with van der Waals surface area (Å²) in [4.78, 5) is 25.1. The molecule has 4 rings (SSSR count). The van der Waals surface area contributed by atoms with Crippen LogP contribution in [-0.2, 0) is 35.4 Å². The third kappa shape index (κ3) is 7.73. The number of piperidine rings is 1. The monoisotopic (exact) mass is 649 g/mol. The number of hydroxylamine groups is 1. The Morgan fingerprint density at radius 1 is 1.09 bits per heavy atom. The Kier molecular flexibility index (Phi) is 11.0. The first kappa shape index (κ1) is 34.2. The van der Waals surface area contributed by atoms with Gasteiger partial charge in [0.25, 0.3) is 5.91 Å². The van der Waals surface area contributed by atoms with E-state index in [0.717, 1.165) is 12.8 Å². The number of likely N-dealkylation sites (tertiary alicyclic amines) is 1. The molecular weight excluding hydrogens is 613 g/mol. The van der Waals surface area contributed by atoms with Gasteiger partial charge >= 0.3 is 12.1 Å². The molecule has 1 unspecified atom stereocenters. The predicted octanol–water partition coefficient (Wildman–Crippen LogP) is 4.71. The number of rotatable bonds is 12. The fourth-order valence-electron chi connectivity index (χ4n) is 5.21. The van der Waals surface area contributed by atoms with Crippen LogP contribution in [0.2, 0.25) is 0 Å². The van der Waals surface area contributed by atoms with Gasteiger partial charge in [-0.3, -0.25) is 9.78 Å². The SMILES string of the molecule is COCCN1CCC(C(=O)NOC2CCCCO2)(S(=O)(=O)c2ccc(-c3ccc(CCC(F)(F)C(F)(F)F)cn3)cc2)CC1. The number of amides is 1. The Hall–Kier alpha value is -2.72. The largest absolute Gasteiger partial charge is 0.453 e. The summed E-state index contributed by atoms with van der Waals surface area (Å²) >= 11 is 0. The molecule has 2 aromatic rings. The lowest BCUT2D eigenvalue weighted by atomic mass is 9.95. The second-order valence-electron chi connectivity index (χ2n) is 11.0. The van der Waals surface area contributed by atoms with E-state index in [1.807, 2.05) is 4.90 Å². The summed E-state index contributed by atoms with van der Waals surface area (Å²) in [6.45, 7) is 2.23. The third-order valence-electron chi connectivity index (χ3n) is 8.05. The van der Waals surface area contributed by atoms with Crippen LogP contribution in [0.5, 0.6) is 0 Å². The number of ether oxygens (including phenoxy) is 2. The van der Waals surface area contributed by atoms with Crippen molar-refractivity contribution in [2.24, 2.45) is 0 Å². The maximum atomic E-state index is 14.1. The summed E-state index contributed by atoms with van der Waals surface area (Å²) in [5.74, 6) is -5.58. The minimum atomic E-state index is -5.63. The van der Waals surface area contributed by atoms with Crippen molar-refractivity contribution in [3.63, 3.8) is 0 Å². The highest BCUT2D eigenvalue weighted by atomic mass is 32.2. The van der Waals surface area contributed by atoms with Crippen molar-refractivity contribution in [3.8, 4) is 11.3 Å². The molecule has 15 heteroatoms. The zero-order chi connectivity index (χ0) is 32.0. The standard InChI is InChI=1S/C29H36F5N3O6S/c1-41-19-17-37-15-13-27(14-16-37,26(38)36-43-25-4-2-3-18-42-25)44(39,40)23-8-6-22(7-9-23)24-10-5-21(20-35-24)11-12-28(30,31)29(32,33)34/h5-10,20,25H,2-4,11-19H2,1H3,(H,36,38). The van der Waals surface area contributed by atoms with Gasteiger partial charge in [0.2, 0.25) is 0 Å². The van der Waals surface area contributed by atoms with Gasteiger partial charge in [0.1, 0.15) is 0 Å². The molecule has 0 aliphatic carbocycles. The number of hydrogen-bond acceptors (Lipinski definition) is 8. The zero-order valence-corrected chi connectivity index (χ0v) is 25.1. The van der Waals surface area contributed by atoms with Gasteiger partial charge in [-0.1, -0.05) is 18.2 Å². The second-order valence-corrected chi connectivity index (χ2v) is 13.2. The zero-order valence-electron chi connectivity index (χ0n) is 24.2. The van der Waals surface area contributed by atoms with Crippen molar-refractivity contribution in [1.82, 2.24) is 15.4 Å². The first-order valence-corrected chi connectivity index (χ1v) is 15.8. The van der Waals surface area contributed by atoms with Crippen LogP contribution in [0, 0.1) is 0 Å². The Bertz CT molecular complexity index is 1340. The molecule has 9 nitrogen and oxygen atoms in total. The van der Waals surface area contributed by atoms with E-state index in [0.29, 0.717) is 50.5 Å². The number of benzene rings is 1. The van der Waals surface area contributed by atoms with E-state index in [4.69, 9.17) is 14.3 Å². The van der Waals surface area contributed by atoms with Crippen molar-refractivity contribution in [3.05, 3.63) is 48.2 Å². The predicted molar refractivity (Wildman–Crippen MR) is 149 cm³/mol. The molecule has 0 radical (unpaired) electrons. The number of carbonyl (C=O) groups excluding carboxylic acids is 1. The smallest absolute Gasteiger partial charge is 0.383 e. The number of carbonyl (C=O) groups is 1. The average Bonchev–Trinajstić information content (AvgIpc) is 3.02. The topological polar surface area (TPSA) is 107 Å². The lowest BCUT2D eigenvalue weighted by Gasteiger charge is -2.40. The second kappa shape index (κ2) is 14.1. The quantitative estimate of drug-likeness (QED) is 0.261. The third-order valence-corrected chi connectivity index (χ3v) is 10.6. The molecule has 44 heavy (non-hydrogen) atoms. The fourth-order valence-corrected chi connectivity index (χ4v) is 7.16. The van der Waals surface area contributed by atoms with Crippen LogP contribution in [0.1, 0.15) is 44.1 Å². The van der Waals surface area contributed by atoms with Crippen LogP contribution in [0.15, 0.2) is 47.5 Å². The van der Waals surface area contributed by atoms with Gasteiger partial charge in [-0.2, -0.15) is 22.0 Å². The van der Waals surface area contributed by atoms with Crippen LogP contribution in [0.3, 0.4) is 0 Å². The van der Waals surface area contributed by atoms with Gasteiger partial charge in [-0.25, -0.2) is 18.7 Å². The van der Waals surface area contributed by atoms with Gasteiger partial charge in [-0.05, 0) is 55.9 Å². The summed E-state index contributed by atoms with van der Waals surface area (Å²) in [5.41, 5.74) is 3.41. The number of aryl methyl sites for hydroxylation is 1. The molecule has 1 aromatic heterocycles. The molecule has 1 amide bonds. The van der Waals surface area contributed by atoms with E-state index >= 15 is 0 Å². The summed E-state index contributed by atoms with van der Waals surface area (Å²) < 4.78 is 101. The lowest BCUT2D eigenvalue weighted by Crippen LogP contribution is -2.58. The van der Waals surface area contributed by atoms with Gasteiger partial charge in [-0.15, -0.1) is 0 Å².